The van der Waals surface area contributed by atoms with Crippen LogP contribution in [0, 0.1) is 0 Å². The van der Waals surface area contributed by atoms with Gasteiger partial charge in [-0.25, -0.2) is 4.79 Å². The van der Waals surface area contributed by atoms with E-state index in [9.17, 15) is 4.79 Å². The third-order valence-corrected chi connectivity index (χ3v) is 1.99. The summed E-state index contributed by atoms with van der Waals surface area (Å²) in [5.41, 5.74) is 0.267. The maximum absolute atomic E-state index is 11.2. The molecule has 4 heteroatoms. The van der Waals surface area contributed by atoms with Crippen LogP contribution in [-0.4, -0.2) is 25.5 Å². The van der Waals surface area contributed by atoms with Gasteiger partial charge in [0.1, 0.15) is 5.75 Å². The molecule has 0 unspecified atom stereocenters. The monoisotopic (exact) mass is 238 g/mol. The first kappa shape index (κ1) is 13.5. The molecule has 0 aliphatic heterocycles. The second-order valence-electron chi connectivity index (χ2n) is 4.53. The highest BCUT2D eigenvalue weighted by Crippen LogP contribution is 2.14. The molecule has 0 heterocycles. The van der Waals surface area contributed by atoms with Gasteiger partial charge in [0.05, 0.1) is 18.3 Å². The normalized spacial score (nSPS) is 11.1. The van der Waals surface area contributed by atoms with Gasteiger partial charge in [0.25, 0.3) is 0 Å². The summed E-state index contributed by atoms with van der Waals surface area (Å²) in [6.07, 6.45) is 0. The van der Waals surface area contributed by atoms with Crippen LogP contribution in [0.15, 0.2) is 24.3 Å². The van der Waals surface area contributed by atoms with Crippen molar-refractivity contribution in [2.75, 3.05) is 13.9 Å². The van der Waals surface area contributed by atoms with Gasteiger partial charge in [0, 0.05) is 0 Å². The van der Waals surface area contributed by atoms with Crippen LogP contribution in [0.5, 0.6) is 5.75 Å². The maximum Gasteiger partial charge on any atom is 0.337 e. The Hall–Kier alpha value is -1.55. The summed E-state index contributed by atoms with van der Waals surface area (Å²) < 4.78 is 15.4. The summed E-state index contributed by atoms with van der Waals surface area (Å²) in [6, 6.07) is 6.72. The van der Waals surface area contributed by atoms with Gasteiger partial charge in [-0.2, -0.15) is 0 Å². The highest BCUT2D eigenvalue weighted by atomic mass is 16.7. The zero-order chi connectivity index (χ0) is 12.9. The highest BCUT2D eigenvalue weighted by molar-refractivity contribution is 5.89. The van der Waals surface area contributed by atoms with Crippen molar-refractivity contribution < 1.29 is 19.0 Å². The van der Waals surface area contributed by atoms with Crippen molar-refractivity contribution in [3.63, 3.8) is 0 Å². The average molecular weight is 238 g/mol. The molecule has 0 aliphatic rings. The Bertz CT molecular complexity index is 362. The van der Waals surface area contributed by atoms with Crippen LogP contribution in [0.4, 0.5) is 0 Å². The molecule has 0 aromatic heterocycles. The van der Waals surface area contributed by atoms with E-state index in [2.05, 4.69) is 4.74 Å². The fraction of sp³-hybridized carbons (Fsp3) is 0.462. The van der Waals surface area contributed by atoms with Gasteiger partial charge in [-0.3, -0.25) is 0 Å². The van der Waals surface area contributed by atoms with E-state index < -0.39 is 0 Å². The van der Waals surface area contributed by atoms with Gasteiger partial charge in [0.2, 0.25) is 0 Å². The lowest BCUT2D eigenvalue weighted by Crippen LogP contribution is -2.22. The highest BCUT2D eigenvalue weighted by Gasteiger charge is 2.10. The molecule has 0 atom stereocenters. The van der Waals surface area contributed by atoms with E-state index in [1.54, 1.807) is 24.3 Å². The Morgan fingerprint density at radius 3 is 2.24 bits per heavy atom. The molecule has 0 N–H and O–H groups in total. The van der Waals surface area contributed by atoms with E-state index in [-0.39, 0.29) is 18.4 Å². The standard InChI is InChI=1S/C13H18O4/c1-13(2,3)17-9-16-11-7-5-10(6-8-11)12(14)15-4/h5-8H,9H2,1-4H3. The fourth-order valence-corrected chi connectivity index (χ4v) is 1.08. The van der Waals surface area contributed by atoms with Crippen LogP contribution in [0.1, 0.15) is 31.1 Å². The first-order valence-corrected chi connectivity index (χ1v) is 5.37. The van der Waals surface area contributed by atoms with Crippen molar-refractivity contribution in [2.24, 2.45) is 0 Å². The molecule has 1 aromatic rings. The topological polar surface area (TPSA) is 44.8 Å². The van der Waals surface area contributed by atoms with Crippen molar-refractivity contribution >= 4 is 5.97 Å². The number of hydrogen-bond donors (Lipinski definition) is 0. The van der Waals surface area contributed by atoms with Crippen molar-refractivity contribution in [1.82, 2.24) is 0 Å². The van der Waals surface area contributed by atoms with E-state index in [1.807, 2.05) is 20.8 Å². The quantitative estimate of drug-likeness (QED) is 0.597. The van der Waals surface area contributed by atoms with Crippen LogP contribution in [0.3, 0.4) is 0 Å². The largest absolute Gasteiger partial charge is 0.468 e. The van der Waals surface area contributed by atoms with Gasteiger partial charge in [-0.1, -0.05) is 0 Å². The number of esters is 1. The molecule has 0 fully saturated rings. The van der Waals surface area contributed by atoms with Gasteiger partial charge in [-0.15, -0.1) is 0 Å². The first-order chi connectivity index (χ1) is 7.92. The molecular weight excluding hydrogens is 220 g/mol. The molecule has 0 bridgehead atoms. The van der Waals surface area contributed by atoms with Crippen LogP contribution in [0.25, 0.3) is 0 Å². The summed E-state index contributed by atoms with van der Waals surface area (Å²) >= 11 is 0. The number of rotatable bonds is 4. The lowest BCUT2D eigenvalue weighted by Gasteiger charge is -2.19. The zero-order valence-electron chi connectivity index (χ0n) is 10.6. The van der Waals surface area contributed by atoms with Gasteiger partial charge >= 0.3 is 5.97 Å². The lowest BCUT2D eigenvalue weighted by atomic mass is 10.2. The fourth-order valence-electron chi connectivity index (χ4n) is 1.08. The van der Waals surface area contributed by atoms with Crippen LogP contribution in [0.2, 0.25) is 0 Å². The second-order valence-corrected chi connectivity index (χ2v) is 4.53. The molecular formula is C13H18O4. The summed E-state index contributed by atoms with van der Waals surface area (Å²) in [6.45, 7) is 6.05. The molecule has 4 nitrogen and oxygen atoms in total. The average Bonchev–Trinajstić information content (AvgIpc) is 2.27. The van der Waals surface area contributed by atoms with Crippen molar-refractivity contribution in [1.29, 1.82) is 0 Å². The first-order valence-electron chi connectivity index (χ1n) is 5.37. The molecule has 1 rings (SSSR count). The Morgan fingerprint density at radius 1 is 1.18 bits per heavy atom. The van der Waals surface area contributed by atoms with Crippen molar-refractivity contribution in [3.8, 4) is 5.75 Å². The Morgan fingerprint density at radius 2 is 1.76 bits per heavy atom. The molecule has 0 spiro atoms. The Kier molecular flexibility index (Phi) is 4.52. The molecule has 0 aliphatic carbocycles. The van der Waals surface area contributed by atoms with Crippen LogP contribution < -0.4 is 4.74 Å². The second kappa shape index (κ2) is 5.68. The van der Waals surface area contributed by atoms with Crippen molar-refractivity contribution in [2.45, 2.75) is 26.4 Å². The lowest BCUT2D eigenvalue weighted by molar-refractivity contribution is -0.0758. The number of ether oxygens (including phenoxy) is 3. The molecule has 0 saturated carbocycles. The minimum absolute atomic E-state index is 0.182. The Balaban J connectivity index is 2.49. The van der Waals surface area contributed by atoms with Crippen LogP contribution >= 0.6 is 0 Å². The van der Waals surface area contributed by atoms with Gasteiger partial charge < -0.3 is 14.2 Å². The van der Waals surface area contributed by atoms with E-state index >= 15 is 0 Å². The number of carbonyl (C=O) groups excluding carboxylic acids is 1. The molecule has 0 amide bonds. The smallest absolute Gasteiger partial charge is 0.337 e. The minimum Gasteiger partial charge on any atom is -0.468 e. The summed E-state index contributed by atoms with van der Waals surface area (Å²) in [5.74, 6) is 0.296. The summed E-state index contributed by atoms with van der Waals surface area (Å²) in [5, 5.41) is 0. The van der Waals surface area contributed by atoms with Gasteiger partial charge in [0.15, 0.2) is 6.79 Å². The number of carbonyl (C=O) groups is 1. The zero-order valence-corrected chi connectivity index (χ0v) is 10.6. The Labute approximate surface area is 101 Å². The molecule has 17 heavy (non-hydrogen) atoms. The minimum atomic E-state index is -0.359. The predicted molar refractivity (Wildman–Crippen MR) is 64.1 cm³/mol. The van der Waals surface area contributed by atoms with Crippen molar-refractivity contribution in [3.05, 3.63) is 29.8 Å². The SMILES string of the molecule is COC(=O)c1ccc(OCOC(C)(C)C)cc1. The molecule has 94 valence electrons. The third kappa shape index (κ3) is 4.87. The number of methoxy groups -OCH3 is 1. The van der Waals surface area contributed by atoms with E-state index in [4.69, 9.17) is 9.47 Å². The van der Waals surface area contributed by atoms with Gasteiger partial charge in [-0.05, 0) is 45.0 Å². The number of hydrogen-bond acceptors (Lipinski definition) is 4. The summed E-state index contributed by atoms with van der Waals surface area (Å²) in [7, 11) is 1.35. The predicted octanol–water partition coefficient (Wildman–Crippen LogP) is 2.62. The van der Waals surface area contributed by atoms with E-state index in [0.717, 1.165) is 0 Å². The molecule has 0 radical (unpaired) electrons. The number of benzene rings is 1. The third-order valence-electron chi connectivity index (χ3n) is 1.99. The summed E-state index contributed by atoms with van der Waals surface area (Å²) in [4.78, 5) is 11.2. The van der Waals surface area contributed by atoms with E-state index in [0.29, 0.717) is 11.3 Å². The van der Waals surface area contributed by atoms with Crippen LogP contribution in [-0.2, 0) is 9.47 Å². The molecule has 1 aromatic carbocycles. The van der Waals surface area contributed by atoms with E-state index in [1.165, 1.54) is 7.11 Å². The molecule has 0 saturated heterocycles. The maximum atomic E-state index is 11.2.